The largest absolute Gasteiger partial charge is 0.488 e. The minimum atomic E-state index is -0.233. The number of amides is 1. The third kappa shape index (κ3) is 2.95. The molecular formula is C16H13N5O2S. The summed E-state index contributed by atoms with van der Waals surface area (Å²) >= 11 is 1.01. The van der Waals surface area contributed by atoms with Gasteiger partial charge in [0.1, 0.15) is 11.9 Å². The Morgan fingerprint density at radius 1 is 1.33 bits per heavy atom. The summed E-state index contributed by atoms with van der Waals surface area (Å²) in [6, 6.07) is 5.96. The maximum absolute atomic E-state index is 11.9. The van der Waals surface area contributed by atoms with E-state index in [9.17, 15) is 4.79 Å². The molecule has 1 amide bonds. The molecule has 1 aromatic carbocycles. The predicted octanol–water partition coefficient (Wildman–Crippen LogP) is 1.73. The highest BCUT2D eigenvalue weighted by atomic mass is 32.1. The lowest BCUT2D eigenvalue weighted by Crippen LogP contribution is -2.34. The van der Waals surface area contributed by atoms with E-state index in [1.54, 1.807) is 18.6 Å². The fraction of sp³-hybridized carbons (Fsp3) is 0.188. The molecule has 8 heteroatoms. The molecule has 0 bridgehead atoms. The average Bonchev–Trinajstić information content (AvgIpc) is 3.29. The number of benzene rings is 1. The summed E-state index contributed by atoms with van der Waals surface area (Å²) in [7, 11) is 0. The molecule has 3 heterocycles. The normalized spacial score (nSPS) is 15.6. The molecule has 120 valence electrons. The van der Waals surface area contributed by atoms with Crippen LogP contribution in [0.1, 0.15) is 16.1 Å². The maximum atomic E-state index is 11.9. The summed E-state index contributed by atoms with van der Waals surface area (Å²) in [4.78, 5) is 20.3. The van der Waals surface area contributed by atoms with Gasteiger partial charge in [-0.2, -0.15) is 8.75 Å². The van der Waals surface area contributed by atoms with Crippen molar-refractivity contribution in [2.24, 2.45) is 0 Å². The van der Waals surface area contributed by atoms with Gasteiger partial charge in [-0.15, -0.1) is 0 Å². The zero-order chi connectivity index (χ0) is 16.4. The van der Waals surface area contributed by atoms with Crippen LogP contribution in [0.5, 0.6) is 5.75 Å². The van der Waals surface area contributed by atoms with Gasteiger partial charge in [0.05, 0.1) is 36.4 Å². The summed E-state index contributed by atoms with van der Waals surface area (Å²) in [6.07, 6.45) is 7.15. The zero-order valence-corrected chi connectivity index (χ0v) is 13.4. The number of aromatic nitrogens is 4. The van der Waals surface area contributed by atoms with Gasteiger partial charge in [0.2, 0.25) is 0 Å². The van der Waals surface area contributed by atoms with Gasteiger partial charge in [0.15, 0.2) is 5.69 Å². The quantitative estimate of drug-likeness (QED) is 0.778. The minimum absolute atomic E-state index is 0.0901. The summed E-state index contributed by atoms with van der Waals surface area (Å²) < 4.78 is 13.6. The Balaban J connectivity index is 1.42. The van der Waals surface area contributed by atoms with Gasteiger partial charge in [-0.3, -0.25) is 14.8 Å². The van der Waals surface area contributed by atoms with Crippen LogP contribution in [0, 0.1) is 0 Å². The first kappa shape index (κ1) is 14.7. The number of fused-ring (bicyclic) bond motifs is 1. The van der Waals surface area contributed by atoms with Crippen molar-refractivity contribution in [3.05, 3.63) is 54.2 Å². The van der Waals surface area contributed by atoms with Crippen molar-refractivity contribution < 1.29 is 9.53 Å². The SMILES string of the molecule is O=C(NCC1Cc2cc(-c3cnccn3)ccc2O1)c1cnsn1. The predicted molar refractivity (Wildman–Crippen MR) is 87.8 cm³/mol. The third-order valence-electron chi connectivity index (χ3n) is 3.74. The molecule has 3 aromatic rings. The van der Waals surface area contributed by atoms with Crippen LogP contribution in [-0.4, -0.2) is 37.3 Å². The van der Waals surface area contributed by atoms with Crippen molar-refractivity contribution in [3.63, 3.8) is 0 Å². The molecule has 1 unspecified atom stereocenters. The van der Waals surface area contributed by atoms with E-state index >= 15 is 0 Å². The van der Waals surface area contributed by atoms with Gasteiger partial charge >= 0.3 is 0 Å². The van der Waals surface area contributed by atoms with Crippen molar-refractivity contribution in [2.45, 2.75) is 12.5 Å². The second kappa shape index (κ2) is 6.32. The highest BCUT2D eigenvalue weighted by Crippen LogP contribution is 2.32. The summed E-state index contributed by atoms with van der Waals surface area (Å²) in [5.74, 6) is 0.612. The average molecular weight is 339 g/mol. The molecule has 1 N–H and O–H groups in total. The fourth-order valence-electron chi connectivity index (χ4n) is 2.60. The van der Waals surface area contributed by atoms with Gasteiger partial charge in [-0.25, -0.2) is 0 Å². The highest BCUT2D eigenvalue weighted by Gasteiger charge is 2.24. The van der Waals surface area contributed by atoms with E-state index < -0.39 is 0 Å². The summed E-state index contributed by atoms with van der Waals surface area (Å²) in [6.45, 7) is 0.422. The van der Waals surface area contributed by atoms with Crippen molar-refractivity contribution in [1.29, 1.82) is 0 Å². The van der Waals surface area contributed by atoms with E-state index in [2.05, 4.69) is 30.1 Å². The van der Waals surface area contributed by atoms with Crippen molar-refractivity contribution in [3.8, 4) is 17.0 Å². The van der Waals surface area contributed by atoms with Crippen LogP contribution >= 0.6 is 11.7 Å². The lowest BCUT2D eigenvalue weighted by molar-refractivity contribution is 0.0929. The molecule has 0 aliphatic carbocycles. The monoisotopic (exact) mass is 339 g/mol. The Labute approximate surface area is 142 Å². The van der Waals surface area contributed by atoms with Crippen molar-refractivity contribution >= 4 is 17.6 Å². The third-order valence-corrected chi connectivity index (χ3v) is 4.22. The second-order valence-electron chi connectivity index (χ2n) is 5.36. The highest BCUT2D eigenvalue weighted by molar-refractivity contribution is 6.99. The molecule has 0 spiro atoms. The summed E-state index contributed by atoms with van der Waals surface area (Å²) in [5.41, 5.74) is 3.27. The number of hydrogen-bond acceptors (Lipinski definition) is 7. The van der Waals surface area contributed by atoms with Gasteiger partial charge in [-0.1, -0.05) is 0 Å². The molecule has 1 aliphatic rings. The van der Waals surface area contributed by atoms with Crippen LogP contribution < -0.4 is 10.1 Å². The minimum Gasteiger partial charge on any atom is -0.488 e. The molecule has 0 radical (unpaired) electrons. The topological polar surface area (TPSA) is 89.9 Å². The maximum Gasteiger partial charge on any atom is 0.272 e. The van der Waals surface area contributed by atoms with Crippen LogP contribution in [0.3, 0.4) is 0 Å². The first-order valence-electron chi connectivity index (χ1n) is 7.41. The Bertz CT molecular complexity index is 854. The molecule has 4 rings (SSSR count). The molecule has 0 saturated heterocycles. The molecule has 0 saturated carbocycles. The number of carbonyl (C=O) groups is 1. The van der Waals surface area contributed by atoms with E-state index in [-0.39, 0.29) is 12.0 Å². The van der Waals surface area contributed by atoms with Gasteiger partial charge < -0.3 is 10.1 Å². The zero-order valence-electron chi connectivity index (χ0n) is 12.5. The van der Waals surface area contributed by atoms with Crippen LogP contribution in [-0.2, 0) is 6.42 Å². The molecule has 24 heavy (non-hydrogen) atoms. The van der Waals surface area contributed by atoms with E-state index in [0.717, 1.165) is 40.7 Å². The first-order chi connectivity index (χ1) is 11.8. The van der Waals surface area contributed by atoms with Crippen LogP contribution in [0.4, 0.5) is 0 Å². The Morgan fingerprint density at radius 3 is 3.08 bits per heavy atom. The van der Waals surface area contributed by atoms with Crippen LogP contribution in [0.2, 0.25) is 0 Å². The Morgan fingerprint density at radius 2 is 2.29 bits per heavy atom. The van der Waals surface area contributed by atoms with E-state index in [1.165, 1.54) is 6.20 Å². The number of ether oxygens (including phenoxy) is 1. The molecule has 7 nitrogen and oxygen atoms in total. The number of rotatable bonds is 4. The lowest BCUT2D eigenvalue weighted by atomic mass is 10.0. The lowest BCUT2D eigenvalue weighted by Gasteiger charge is -2.10. The number of carbonyl (C=O) groups excluding carboxylic acids is 1. The second-order valence-corrected chi connectivity index (χ2v) is 5.92. The van der Waals surface area contributed by atoms with Crippen molar-refractivity contribution in [2.75, 3.05) is 6.54 Å². The first-order valence-corrected chi connectivity index (χ1v) is 8.14. The number of hydrogen-bond donors (Lipinski definition) is 1. The standard InChI is InChI=1S/C16H13N5O2S/c22-16(14-9-20-24-21-14)19-7-12-6-11-5-10(1-2-15(11)23-12)13-8-17-3-4-18-13/h1-5,8-9,12H,6-7H2,(H,19,22). The smallest absolute Gasteiger partial charge is 0.272 e. The molecule has 2 aromatic heterocycles. The molecule has 1 atom stereocenters. The van der Waals surface area contributed by atoms with Crippen molar-refractivity contribution in [1.82, 2.24) is 24.0 Å². The number of nitrogens with one attached hydrogen (secondary N) is 1. The fourth-order valence-corrected chi connectivity index (χ4v) is 3.02. The van der Waals surface area contributed by atoms with Crippen LogP contribution in [0.15, 0.2) is 43.0 Å². The van der Waals surface area contributed by atoms with Crippen LogP contribution in [0.25, 0.3) is 11.3 Å². The van der Waals surface area contributed by atoms with E-state index in [0.29, 0.717) is 12.2 Å². The Kier molecular flexibility index (Phi) is 3.87. The molecule has 1 aliphatic heterocycles. The number of nitrogens with zero attached hydrogens (tertiary/aromatic N) is 4. The summed E-state index contributed by atoms with van der Waals surface area (Å²) in [5, 5.41) is 2.83. The molecular weight excluding hydrogens is 326 g/mol. The van der Waals surface area contributed by atoms with Gasteiger partial charge in [0.25, 0.3) is 5.91 Å². The molecule has 0 fully saturated rings. The van der Waals surface area contributed by atoms with E-state index in [1.807, 2.05) is 12.1 Å². The van der Waals surface area contributed by atoms with Gasteiger partial charge in [0, 0.05) is 24.4 Å². The van der Waals surface area contributed by atoms with E-state index in [4.69, 9.17) is 4.74 Å². The van der Waals surface area contributed by atoms with Gasteiger partial charge in [-0.05, 0) is 23.8 Å². The Hall–Kier alpha value is -2.87.